The van der Waals surface area contributed by atoms with Crippen molar-refractivity contribution in [3.8, 4) is 0 Å². The Bertz CT molecular complexity index is 502. The van der Waals surface area contributed by atoms with Gasteiger partial charge in [-0.05, 0) is 22.0 Å². The third-order valence-electron chi connectivity index (χ3n) is 1.45. The Kier molecular flexibility index (Phi) is 3.69. The van der Waals surface area contributed by atoms with Gasteiger partial charge in [-0.2, -0.15) is 0 Å². The molecule has 1 aromatic heterocycles. The Balaban J connectivity index is 3.47. The lowest BCUT2D eigenvalue weighted by Gasteiger charge is -2.03. The maximum absolute atomic E-state index is 11.2. The molecule has 5 nitrogen and oxygen atoms in total. The number of halogens is 2. The first-order chi connectivity index (χ1) is 6.86. The van der Waals surface area contributed by atoms with Crippen molar-refractivity contribution in [2.75, 3.05) is 7.11 Å². The molecule has 1 heterocycles. The van der Waals surface area contributed by atoms with Crippen LogP contribution in [0.25, 0.3) is 0 Å². The first-order valence-electron chi connectivity index (χ1n) is 3.55. The maximum atomic E-state index is 11.2. The molecule has 1 aromatic rings. The van der Waals surface area contributed by atoms with E-state index in [1.165, 1.54) is 12.3 Å². The molecular formula is C7H5BrClNO4S. The van der Waals surface area contributed by atoms with E-state index in [-0.39, 0.29) is 5.56 Å². The van der Waals surface area contributed by atoms with E-state index in [0.717, 1.165) is 7.11 Å². The molecule has 1 rings (SSSR count). The van der Waals surface area contributed by atoms with Crippen LogP contribution in [0.4, 0.5) is 0 Å². The predicted molar refractivity (Wildman–Crippen MR) is 56.3 cm³/mol. The van der Waals surface area contributed by atoms with E-state index in [2.05, 4.69) is 25.7 Å². The quantitative estimate of drug-likeness (QED) is 0.612. The molecule has 0 aliphatic heterocycles. The highest BCUT2D eigenvalue weighted by atomic mass is 79.9. The number of nitrogens with zero attached hydrogens (tertiary/aromatic N) is 1. The zero-order chi connectivity index (χ0) is 11.6. The Morgan fingerprint density at radius 3 is 2.67 bits per heavy atom. The molecule has 15 heavy (non-hydrogen) atoms. The van der Waals surface area contributed by atoms with Crippen molar-refractivity contribution in [1.82, 2.24) is 4.98 Å². The van der Waals surface area contributed by atoms with Crippen molar-refractivity contribution in [3.05, 3.63) is 22.3 Å². The molecule has 0 aliphatic carbocycles. The van der Waals surface area contributed by atoms with Crippen molar-refractivity contribution in [1.29, 1.82) is 0 Å². The van der Waals surface area contributed by atoms with Crippen molar-refractivity contribution in [3.63, 3.8) is 0 Å². The summed E-state index contributed by atoms with van der Waals surface area (Å²) in [4.78, 5) is 14.8. The lowest BCUT2D eigenvalue weighted by Crippen LogP contribution is -2.09. The minimum atomic E-state index is -4.07. The van der Waals surface area contributed by atoms with Crippen LogP contribution in [0.15, 0.2) is 21.8 Å². The fraction of sp³-hybridized carbons (Fsp3) is 0.143. The van der Waals surface area contributed by atoms with Crippen molar-refractivity contribution in [2.24, 2.45) is 0 Å². The summed E-state index contributed by atoms with van der Waals surface area (Å²) in [6.45, 7) is 0. The fourth-order valence-electron chi connectivity index (χ4n) is 0.877. The molecule has 0 atom stereocenters. The summed E-state index contributed by atoms with van der Waals surface area (Å²) in [5.74, 6) is -0.817. The van der Waals surface area contributed by atoms with E-state index in [4.69, 9.17) is 10.7 Å². The van der Waals surface area contributed by atoms with Crippen LogP contribution in [0.3, 0.4) is 0 Å². The zero-order valence-electron chi connectivity index (χ0n) is 7.40. The first-order valence-corrected chi connectivity index (χ1v) is 6.65. The zero-order valence-corrected chi connectivity index (χ0v) is 10.6. The third-order valence-corrected chi connectivity index (χ3v) is 3.11. The normalized spacial score (nSPS) is 11.1. The Morgan fingerprint density at radius 1 is 1.60 bits per heavy atom. The molecule has 0 aliphatic rings. The largest absolute Gasteiger partial charge is 0.465 e. The predicted octanol–water partition coefficient (Wildman–Crippen LogP) is 1.56. The van der Waals surface area contributed by atoms with Crippen LogP contribution < -0.4 is 0 Å². The van der Waals surface area contributed by atoms with E-state index in [0.29, 0.717) is 4.47 Å². The van der Waals surface area contributed by atoms with Crippen LogP contribution in [0, 0.1) is 0 Å². The molecule has 0 radical (unpaired) electrons. The van der Waals surface area contributed by atoms with Crippen LogP contribution in [0.1, 0.15) is 10.4 Å². The van der Waals surface area contributed by atoms with Gasteiger partial charge in [0, 0.05) is 21.4 Å². The minimum Gasteiger partial charge on any atom is -0.465 e. The van der Waals surface area contributed by atoms with E-state index < -0.39 is 20.0 Å². The summed E-state index contributed by atoms with van der Waals surface area (Å²) in [6.07, 6.45) is 1.22. The summed E-state index contributed by atoms with van der Waals surface area (Å²) in [6, 6.07) is 1.27. The summed E-state index contributed by atoms with van der Waals surface area (Å²) in [5.41, 5.74) is -0.207. The minimum absolute atomic E-state index is 0.207. The molecule has 0 saturated carbocycles. The number of esters is 1. The molecule has 0 saturated heterocycles. The van der Waals surface area contributed by atoms with Crippen LogP contribution in [-0.2, 0) is 13.8 Å². The standard InChI is InChI=1S/C7H5BrClNO4S/c1-14-7(11)5-2-4(8)3-10-6(5)15(9,12)13/h2-3H,1H3. The van der Waals surface area contributed by atoms with Crippen molar-refractivity contribution < 1.29 is 17.9 Å². The molecule has 0 bridgehead atoms. The van der Waals surface area contributed by atoms with Gasteiger partial charge in [0.15, 0.2) is 5.03 Å². The highest BCUT2D eigenvalue weighted by molar-refractivity contribution is 9.10. The number of rotatable bonds is 2. The second-order valence-electron chi connectivity index (χ2n) is 2.44. The van der Waals surface area contributed by atoms with Crippen LogP contribution in [-0.4, -0.2) is 26.5 Å². The number of aromatic nitrogens is 1. The summed E-state index contributed by atoms with van der Waals surface area (Å²) in [7, 11) is 2.17. The van der Waals surface area contributed by atoms with Gasteiger partial charge in [-0.15, -0.1) is 0 Å². The van der Waals surface area contributed by atoms with Gasteiger partial charge >= 0.3 is 5.97 Å². The van der Waals surface area contributed by atoms with E-state index in [1.807, 2.05) is 0 Å². The van der Waals surface area contributed by atoms with Gasteiger partial charge in [0.25, 0.3) is 9.05 Å². The molecule has 0 unspecified atom stereocenters. The molecule has 0 N–H and O–H groups in total. The van der Waals surface area contributed by atoms with Gasteiger partial charge in [-0.3, -0.25) is 0 Å². The van der Waals surface area contributed by atoms with Crippen LogP contribution in [0.5, 0.6) is 0 Å². The Labute approximate surface area is 99.0 Å². The highest BCUT2D eigenvalue weighted by Crippen LogP contribution is 2.21. The van der Waals surface area contributed by atoms with E-state index >= 15 is 0 Å². The number of pyridine rings is 1. The Morgan fingerprint density at radius 2 is 2.20 bits per heavy atom. The monoisotopic (exact) mass is 313 g/mol. The molecule has 8 heteroatoms. The lowest BCUT2D eigenvalue weighted by molar-refractivity contribution is 0.0595. The summed E-state index contributed by atoms with van der Waals surface area (Å²) in [5, 5.41) is -0.515. The van der Waals surface area contributed by atoms with Gasteiger partial charge < -0.3 is 4.74 Å². The number of methoxy groups -OCH3 is 1. The lowest BCUT2D eigenvalue weighted by atomic mass is 10.3. The molecule has 0 fully saturated rings. The summed E-state index contributed by atoms with van der Waals surface area (Å²) < 4.78 is 27.0. The molecule has 0 aromatic carbocycles. The second-order valence-corrected chi connectivity index (χ2v) is 5.83. The number of hydrogen-bond donors (Lipinski definition) is 0. The maximum Gasteiger partial charge on any atom is 0.340 e. The second kappa shape index (κ2) is 4.46. The molecule has 0 amide bonds. The van der Waals surface area contributed by atoms with Gasteiger partial charge in [-0.1, -0.05) is 0 Å². The topological polar surface area (TPSA) is 73.3 Å². The average Bonchev–Trinajstić information content (AvgIpc) is 2.14. The number of hydrogen-bond acceptors (Lipinski definition) is 5. The third kappa shape index (κ3) is 2.90. The SMILES string of the molecule is COC(=O)c1cc(Br)cnc1S(=O)(=O)Cl. The fourth-order valence-corrected chi connectivity index (χ4v) is 2.16. The number of carbonyl (C=O) groups is 1. The smallest absolute Gasteiger partial charge is 0.340 e. The highest BCUT2D eigenvalue weighted by Gasteiger charge is 2.23. The summed E-state index contributed by atoms with van der Waals surface area (Å²) >= 11 is 3.05. The van der Waals surface area contributed by atoms with E-state index in [9.17, 15) is 13.2 Å². The van der Waals surface area contributed by atoms with Crippen molar-refractivity contribution in [2.45, 2.75) is 5.03 Å². The van der Waals surface area contributed by atoms with Gasteiger partial charge in [0.1, 0.15) is 0 Å². The first kappa shape index (κ1) is 12.4. The number of ether oxygens (including phenoxy) is 1. The van der Waals surface area contributed by atoms with Crippen molar-refractivity contribution >= 4 is 41.6 Å². The Hall–Kier alpha value is -0.660. The average molecular weight is 315 g/mol. The van der Waals surface area contributed by atoms with Gasteiger partial charge in [-0.25, -0.2) is 18.2 Å². The molecule has 0 spiro atoms. The van der Waals surface area contributed by atoms with Gasteiger partial charge in [0.05, 0.1) is 12.7 Å². The van der Waals surface area contributed by atoms with Crippen LogP contribution in [0.2, 0.25) is 0 Å². The molecular weight excluding hydrogens is 310 g/mol. The molecule has 82 valence electrons. The van der Waals surface area contributed by atoms with E-state index in [1.54, 1.807) is 0 Å². The van der Waals surface area contributed by atoms with Gasteiger partial charge in [0.2, 0.25) is 0 Å². The van der Waals surface area contributed by atoms with Crippen LogP contribution >= 0.6 is 26.6 Å². The number of carbonyl (C=O) groups excluding carboxylic acids is 1.